The highest BCUT2D eigenvalue weighted by Crippen LogP contribution is 2.45. The quantitative estimate of drug-likeness (QED) is 0.159. The van der Waals surface area contributed by atoms with Gasteiger partial charge in [-0.3, -0.25) is 0 Å². The number of rotatable bonds is 8. The summed E-state index contributed by atoms with van der Waals surface area (Å²) in [7, 11) is 3.42. The van der Waals surface area contributed by atoms with E-state index in [1.807, 2.05) is 84.9 Å². The zero-order chi connectivity index (χ0) is 35.7. The lowest BCUT2D eigenvalue weighted by atomic mass is 9.95. The number of ether oxygens (including phenoxy) is 2. The summed E-state index contributed by atoms with van der Waals surface area (Å²) >= 11 is 0. The number of hydrogen-bond donors (Lipinski definition) is 0. The molecule has 9 rings (SSSR count). The van der Waals surface area contributed by atoms with Gasteiger partial charge in [-0.25, -0.2) is 9.97 Å². The lowest BCUT2D eigenvalue weighted by molar-refractivity contribution is 0.416. The molecule has 0 amide bonds. The van der Waals surface area contributed by atoms with Crippen LogP contribution in [0.4, 0.5) is 0 Å². The van der Waals surface area contributed by atoms with Crippen molar-refractivity contribution in [2.24, 2.45) is 0 Å². The van der Waals surface area contributed by atoms with Gasteiger partial charge in [0, 0.05) is 44.2 Å². The molecule has 0 N–H and O–H groups in total. The number of pyridine rings is 2. The Balaban J connectivity index is 1.25. The van der Waals surface area contributed by atoms with Crippen LogP contribution in [0, 0.1) is 0 Å². The van der Waals surface area contributed by atoms with E-state index in [9.17, 15) is 0 Å². The van der Waals surface area contributed by atoms with Gasteiger partial charge >= 0.3 is 0 Å². The predicted molar refractivity (Wildman–Crippen MR) is 215 cm³/mol. The van der Waals surface area contributed by atoms with Crippen molar-refractivity contribution in [2.45, 2.75) is 0 Å². The van der Waals surface area contributed by atoms with E-state index in [-0.39, 0.29) is 0 Å². The molecule has 5 heteroatoms. The summed E-state index contributed by atoms with van der Waals surface area (Å²) in [6, 6.07) is 57.8. The minimum absolute atomic E-state index is 0.715. The number of hydrogen-bond acceptors (Lipinski definition) is 5. The van der Waals surface area contributed by atoms with Crippen molar-refractivity contribution in [1.29, 1.82) is 0 Å². The first-order chi connectivity index (χ1) is 26.2. The molecule has 6 aromatic carbocycles. The molecule has 254 valence electrons. The van der Waals surface area contributed by atoms with Gasteiger partial charge in [0.15, 0.2) is 11.5 Å². The monoisotopic (exact) mass is 686 g/mol. The molecule has 0 atom stereocenters. The summed E-state index contributed by atoms with van der Waals surface area (Å²) in [5, 5.41) is 2.00. The highest BCUT2D eigenvalue weighted by atomic mass is 16.5. The lowest BCUT2D eigenvalue weighted by Crippen LogP contribution is -1.98. The molecule has 53 heavy (non-hydrogen) atoms. The summed E-state index contributed by atoms with van der Waals surface area (Å²) in [6.45, 7) is 0. The summed E-state index contributed by atoms with van der Waals surface area (Å²) in [5.41, 5.74) is 12.8. The molecule has 0 fully saturated rings. The van der Waals surface area contributed by atoms with E-state index in [0.29, 0.717) is 11.5 Å². The molecule has 0 saturated heterocycles. The highest BCUT2D eigenvalue weighted by molar-refractivity contribution is 6.08. The van der Waals surface area contributed by atoms with Gasteiger partial charge in [-0.15, -0.1) is 0 Å². The zero-order valence-corrected chi connectivity index (χ0v) is 29.3. The Morgan fingerprint density at radius 2 is 0.736 bits per heavy atom. The van der Waals surface area contributed by atoms with Crippen molar-refractivity contribution < 1.29 is 13.9 Å². The maximum Gasteiger partial charge on any atom is 0.152 e. The first-order valence-corrected chi connectivity index (χ1v) is 17.6. The molecule has 5 nitrogen and oxygen atoms in total. The van der Waals surface area contributed by atoms with E-state index in [2.05, 4.69) is 84.9 Å². The third kappa shape index (κ3) is 5.88. The fraction of sp³-hybridized carbons (Fsp3) is 0.0417. The number of furan rings is 1. The van der Waals surface area contributed by atoms with Crippen LogP contribution in [0.2, 0.25) is 0 Å². The molecule has 0 aliphatic rings. The van der Waals surface area contributed by atoms with Gasteiger partial charge in [-0.05, 0) is 47.5 Å². The Morgan fingerprint density at radius 3 is 1.09 bits per heavy atom. The maximum absolute atomic E-state index is 6.43. The molecular weight excluding hydrogens is 653 g/mol. The van der Waals surface area contributed by atoms with Crippen molar-refractivity contribution in [3.05, 3.63) is 170 Å². The third-order valence-electron chi connectivity index (χ3n) is 9.68. The topological polar surface area (TPSA) is 57.4 Å². The van der Waals surface area contributed by atoms with E-state index < -0.39 is 0 Å². The Kier molecular flexibility index (Phi) is 8.22. The second kappa shape index (κ2) is 13.6. The SMILES string of the molecule is COc1c(-c2ccc3oc4ccc(-c5cc(-c6ccccc6)nc(-c6ccccc6)c5OC)cc4c3c2)cc(-c2ccccc2)nc1-c1ccccc1. The van der Waals surface area contributed by atoms with Crippen molar-refractivity contribution in [1.82, 2.24) is 9.97 Å². The Morgan fingerprint density at radius 1 is 0.377 bits per heavy atom. The molecule has 0 aliphatic heterocycles. The van der Waals surface area contributed by atoms with Crippen molar-refractivity contribution in [2.75, 3.05) is 14.2 Å². The maximum atomic E-state index is 6.43. The Bertz CT molecular complexity index is 2540. The molecule has 0 radical (unpaired) electrons. The van der Waals surface area contributed by atoms with Crippen LogP contribution in [0.5, 0.6) is 11.5 Å². The number of aromatic nitrogens is 2. The average molecular weight is 687 g/mol. The van der Waals surface area contributed by atoms with E-state index in [1.54, 1.807) is 14.2 Å². The van der Waals surface area contributed by atoms with Crippen molar-refractivity contribution >= 4 is 21.9 Å². The van der Waals surface area contributed by atoms with Crippen molar-refractivity contribution in [3.8, 4) is 78.8 Å². The fourth-order valence-electron chi connectivity index (χ4n) is 7.12. The second-order valence-corrected chi connectivity index (χ2v) is 12.9. The molecule has 0 bridgehead atoms. The largest absolute Gasteiger partial charge is 0.494 e. The summed E-state index contributed by atoms with van der Waals surface area (Å²) in [6.07, 6.45) is 0. The van der Waals surface area contributed by atoms with Crippen LogP contribution < -0.4 is 9.47 Å². The van der Waals surface area contributed by atoms with Gasteiger partial charge < -0.3 is 13.9 Å². The first-order valence-electron chi connectivity index (χ1n) is 17.6. The van der Waals surface area contributed by atoms with Crippen molar-refractivity contribution in [3.63, 3.8) is 0 Å². The summed E-state index contributed by atoms with van der Waals surface area (Å²) < 4.78 is 18.7. The number of methoxy groups -OCH3 is 2. The minimum atomic E-state index is 0.715. The average Bonchev–Trinajstić information content (AvgIpc) is 3.61. The Labute approximate surface area is 307 Å². The first kappa shape index (κ1) is 32.0. The second-order valence-electron chi connectivity index (χ2n) is 12.9. The van der Waals surface area contributed by atoms with Crippen LogP contribution in [0.15, 0.2) is 174 Å². The van der Waals surface area contributed by atoms with Gasteiger partial charge in [0.1, 0.15) is 22.6 Å². The molecule has 3 heterocycles. The van der Waals surface area contributed by atoms with Crippen LogP contribution in [-0.2, 0) is 0 Å². The van der Waals surface area contributed by atoms with E-state index in [1.165, 1.54) is 0 Å². The number of nitrogens with zero attached hydrogens (tertiary/aromatic N) is 2. The number of benzene rings is 6. The Hall–Kier alpha value is -6.98. The molecule has 9 aromatic rings. The summed E-state index contributed by atoms with van der Waals surface area (Å²) in [4.78, 5) is 10.3. The molecule has 0 unspecified atom stereocenters. The predicted octanol–water partition coefficient (Wildman–Crippen LogP) is 12.4. The fourth-order valence-corrected chi connectivity index (χ4v) is 7.12. The summed E-state index contributed by atoms with van der Waals surface area (Å²) in [5.74, 6) is 1.43. The van der Waals surface area contributed by atoms with Crippen LogP contribution >= 0.6 is 0 Å². The van der Waals surface area contributed by atoms with Gasteiger partial charge in [0.25, 0.3) is 0 Å². The molecule has 0 aliphatic carbocycles. The van der Waals surface area contributed by atoms with Gasteiger partial charge in [0.05, 0.1) is 25.6 Å². The molecular formula is C48H34N2O3. The third-order valence-corrected chi connectivity index (χ3v) is 9.68. The highest BCUT2D eigenvalue weighted by Gasteiger charge is 2.21. The van der Waals surface area contributed by atoms with Gasteiger partial charge in [-0.2, -0.15) is 0 Å². The van der Waals surface area contributed by atoms with E-state index in [4.69, 9.17) is 23.9 Å². The van der Waals surface area contributed by atoms with E-state index >= 15 is 0 Å². The van der Waals surface area contributed by atoms with Crippen LogP contribution in [0.1, 0.15) is 0 Å². The van der Waals surface area contributed by atoms with E-state index in [0.717, 1.165) is 89.2 Å². The van der Waals surface area contributed by atoms with Crippen LogP contribution in [0.25, 0.3) is 89.2 Å². The standard InChI is InChI=1S/C48H34N2O3/c1-51-47-37(29-41(31-15-7-3-8-16-31)49-45(47)33-19-11-5-12-20-33)35-23-25-43-39(27-35)40-28-36(24-26-44(40)53-43)38-30-42(32-17-9-4-10-18-32)50-46(48(38)52-2)34-21-13-6-14-22-34/h3-30H,1-2H3. The molecule has 3 aromatic heterocycles. The molecule has 0 spiro atoms. The van der Waals surface area contributed by atoms with Crippen LogP contribution in [0.3, 0.4) is 0 Å². The van der Waals surface area contributed by atoms with Crippen LogP contribution in [-0.4, -0.2) is 24.2 Å². The smallest absolute Gasteiger partial charge is 0.152 e. The minimum Gasteiger partial charge on any atom is -0.494 e. The molecule has 0 saturated carbocycles. The number of fused-ring (bicyclic) bond motifs is 3. The zero-order valence-electron chi connectivity index (χ0n) is 29.3. The normalized spacial score (nSPS) is 11.2. The lowest BCUT2D eigenvalue weighted by Gasteiger charge is -2.16. The van der Waals surface area contributed by atoms with Gasteiger partial charge in [-0.1, -0.05) is 133 Å². The van der Waals surface area contributed by atoms with Gasteiger partial charge in [0.2, 0.25) is 0 Å².